The van der Waals surface area contributed by atoms with Crippen molar-refractivity contribution in [2.24, 2.45) is 5.92 Å². The molecule has 0 aromatic heterocycles. The highest BCUT2D eigenvalue weighted by Crippen LogP contribution is 2.26. The van der Waals surface area contributed by atoms with Crippen LogP contribution in [0, 0.1) is 5.92 Å². The van der Waals surface area contributed by atoms with Gasteiger partial charge < -0.3 is 5.32 Å². The summed E-state index contributed by atoms with van der Waals surface area (Å²) < 4.78 is 28.2. The first-order chi connectivity index (χ1) is 9.56. The molecule has 1 aliphatic rings. The molecule has 0 heterocycles. The molecule has 6 heteroatoms. The number of nitrogens with zero attached hydrogens (tertiary/aromatic N) is 1. The van der Waals surface area contributed by atoms with E-state index in [1.807, 2.05) is 0 Å². The van der Waals surface area contributed by atoms with Crippen molar-refractivity contribution in [1.82, 2.24) is 14.3 Å². The number of rotatable bonds is 11. The van der Waals surface area contributed by atoms with Gasteiger partial charge in [0, 0.05) is 20.1 Å². The Morgan fingerprint density at radius 3 is 2.50 bits per heavy atom. The normalized spacial score (nSPS) is 17.1. The summed E-state index contributed by atoms with van der Waals surface area (Å²) >= 11 is 0. The average Bonchev–Trinajstić information content (AvgIpc) is 2.91. The molecule has 1 aliphatic carbocycles. The van der Waals surface area contributed by atoms with Gasteiger partial charge >= 0.3 is 0 Å². The van der Waals surface area contributed by atoms with Crippen LogP contribution in [0.2, 0.25) is 0 Å². The molecular weight excluding hydrogens is 274 g/mol. The Morgan fingerprint density at radius 1 is 1.15 bits per heavy atom. The first-order valence-electron chi connectivity index (χ1n) is 7.98. The minimum absolute atomic E-state index is 0.565. The molecule has 0 aromatic carbocycles. The van der Waals surface area contributed by atoms with Crippen molar-refractivity contribution in [3.8, 4) is 0 Å². The van der Waals surface area contributed by atoms with Crippen LogP contribution >= 0.6 is 0 Å². The Labute approximate surface area is 124 Å². The second-order valence-corrected chi connectivity index (χ2v) is 7.63. The molecule has 20 heavy (non-hydrogen) atoms. The third kappa shape index (κ3) is 7.02. The zero-order valence-corrected chi connectivity index (χ0v) is 13.8. The monoisotopic (exact) mass is 305 g/mol. The second kappa shape index (κ2) is 9.71. The molecule has 5 nitrogen and oxygen atoms in total. The highest BCUT2D eigenvalue weighted by molar-refractivity contribution is 7.87. The van der Waals surface area contributed by atoms with Gasteiger partial charge in [-0.15, -0.1) is 0 Å². The molecule has 0 radical (unpaired) electrons. The fraction of sp³-hybridized carbons (Fsp3) is 1.00. The number of nitrogens with one attached hydrogen (secondary N) is 2. The Morgan fingerprint density at radius 2 is 1.85 bits per heavy atom. The first-order valence-corrected chi connectivity index (χ1v) is 9.42. The van der Waals surface area contributed by atoms with Crippen molar-refractivity contribution in [3.05, 3.63) is 0 Å². The van der Waals surface area contributed by atoms with E-state index in [1.54, 1.807) is 7.05 Å². The van der Waals surface area contributed by atoms with Gasteiger partial charge in [-0.3, -0.25) is 0 Å². The largest absolute Gasteiger partial charge is 0.317 e. The molecule has 0 bridgehead atoms. The lowest BCUT2D eigenvalue weighted by Gasteiger charge is -2.18. The summed E-state index contributed by atoms with van der Waals surface area (Å²) in [6.07, 6.45) is 8.08. The average molecular weight is 305 g/mol. The highest BCUT2D eigenvalue weighted by Gasteiger charge is 2.19. The van der Waals surface area contributed by atoms with E-state index in [-0.39, 0.29) is 0 Å². The van der Waals surface area contributed by atoms with Crippen molar-refractivity contribution in [2.45, 2.75) is 51.9 Å². The Hall–Kier alpha value is -0.170. The van der Waals surface area contributed by atoms with Crippen molar-refractivity contribution in [3.63, 3.8) is 0 Å². The molecule has 1 fully saturated rings. The summed E-state index contributed by atoms with van der Waals surface area (Å²) in [7, 11) is -1.64. The van der Waals surface area contributed by atoms with Gasteiger partial charge in [-0.2, -0.15) is 12.7 Å². The summed E-state index contributed by atoms with van der Waals surface area (Å²) in [5.74, 6) is 0.723. The van der Waals surface area contributed by atoms with Crippen LogP contribution in [0.25, 0.3) is 0 Å². The van der Waals surface area contributed by atoms with Crippen molar-refractivity contribution < 1.29 is 8.42 Å². The predicted octanol–water partition coefficient (Wildman–Crippen LogP) is 1.72. The topological polar surface area (TPSA) is 61.4 Å². The van der Waals surface area contributed by atoms with Gasteiger partial charge in [0.15, 0.2) is 0 Å². The quantitative estimate of drug-likeness (QED) is 0.571. The Bertz CT molecular complexity index is 340. The van der Waals surface area contributed by atoms with Crippen LogP contribution in [0.1, 0.15) is 51.9 Å². The van der Waals surface area contributed by atoms with E-state index in [4.69, 9.17) is 0 Å². The van der Waals surface area contributed by atoms with Gasteiger partial charge in [0.1, 0.15) is 0 Å². The smallest absolute Gasteiger partial charge is 0.279 e. The third-order valence-electron chi connectivity index (χ3n) is 3.98. The summed E-state index contributed by atoms with van der Waals surface area (Å²) in [6, 6.07) is 0. The van der Waals surface area contributed by atoms with Crippen LogP contribution in [0.15, 0.2) is 0 Å². The SMILES string of the molecule is CCCNCCCN(C)S(=O)(=O)NCCC1CCCC1. The lowest BCUT2D eigenvalue weighted by atomic mass is 10.1. The van der Waals surface area contributed by atoms with E-state index < -0.39 is 10.2 Å². The molecular formula is C14H31N3O2S. The third-order valence-corrected chi connectivity index (χ3v) is 5.55. The zero-order chi connectivity index (χ0) is 14.8. The van der Waals surface area contributed by atoms with E-state index >= 15 is 0 Å². The van der Waals surface area contributed by atoms with Gasteiger partial charge in [-0.05, 0) is 38.3 Å². The molecule has 0 aromatic rings. The molecule has 0 atom stereocenters. The molecule has 0 aliphatic heterocycles. The first kappa shape index (κ1) is 17.9. The molecule has 1 rings (SSSR count). The van der Waals surface area contributed by atoms with Crippen LogP contribution in [0.3, 0.4) is 0 Å². The van der Waals surface area contributed by atoms with E-state index in [9.17, 15) is 8.42 Å². The fourth-order valence-electron chi connectivity index (χ4n) is 2.65. The van der Waals surface area contributed by atoms with Crippen molar-refractivity contribution >= 4 is 10.2 Å². The van der Waals surface area contributed by atoms with Crippen molar-refractivity contribution in [2.75, 3.05) is 33.2 Å². The van der Waals surface area contributed by atoms with E-state index in [1.165, 1.54) is 30.0 Å². The van der Waals surface area contributed by atoms with Crippen LogP contribution in [-0.4, -0.2) is 45.9 Å². The summed E-state index contributed by atoms with van der Waals surface area (Å²) in [4.78, 5) is 0. The molecule has 2 N–H and O–H groups in total. The van der Waals surface area contributed by atoms with Gasteiger partial charge in [0.2, 0.25) is 0 Å². The van der Waals surface area contributed by atoms with Crippen LogP contribution in [0.4, 0.5) is 0 Å². The number of hydrogen-bond acceptors (Lipinski definition) is 3. The lowest BCUT2D eigenvalue weighted by Crippen LogP contribution is -2.40. The predicted molar refractivity (Wildman–Crippen MR) is 83.9 cm³/mol. The molecule has 1 saturated carbocycles. The van der Waals surface area contributed by atoms with Gasteiger partial charge in [-0.1, -0.05) is 32.6 Å². The van der Waals surface area contributed by atoms with Crippen LogP contribution in [-0.2, 0) is 10.2 Å². The number of hydrogen-bond donors (Lipinski definition) is 2. The highest BCUT2D eigenvalue weighted by atomic mass is 32.2. The Kier molecular flexibility index (Phi) is 8.68. The molecule has 0 amide bonds. The van der Waals surface area contributed by atoms with Crippen LogP contribution < -0.4 is 10.0 Å². The minimum Gasteiger partial charge on any atom is -0.317 e. The summed E-state index contributed by atoms with van der Waals surface area (Å²) in [6.45, 7) is 5.13. The maximum Gasteiger partial charge on any atom is 0.279 e. The maximum atomic E-state index is 12.0. The summed E-state index contributed by atoms with van der Waals surface area (Å²) in [5, 5.41) is 3.28. The molecule has 120 valence electrons. The van der Waals surface area contributed by atoms with Gasteiger partial charge in [0.25, 0.3) is 10.2 Å². The lowest BCUT2D eigenvalue weighted by molar-refractivity contribution is 0.436. The summed E-state index contributed by atoms with van der Waals surface area (Å²) in [5.41, 5.74) is 0. The maximum absolute atomic E-state index is 12.0. The van der Waals surface area contributed by atoms with E-state index in [0.717, 1.165) is 38.3 Å². The van der Waals surface area contributed by atoms with E-state index in [2.05, 4.69) is 17.0 Å². The zero-order valence-electron chi connectivity index (χ0n) is 13.0. The molecule has 0 spiro atoms. The second-order valence-electron chi connectivity index (χ2n) is 5.76. The van der Waals surface area contributed by atoms with Crippen molar-refractivity contribution in [1.29, 1.82) is 0 Å². The van der Waals surface area contributed by atoms with E-state index in [0.29, 0.717) is 13.1 Å². The molecule has 0 saturated heterocycles. The van der Waals surface area contributed by atoms with Gasteiger partial charge in [-0.25, -0.2) is 4.72 Å². The Balaban J connectivity index is 2.14. The standard InChI is InChI=1S/C14H31N3O2S/c1-3-10-15-11-6-13-17(2)20(18,19)16-12-9-14-7-4-5-8-14/h14-16H,3-13H2,1-2H3. The van der Waals surface area contributed by atoms with Gasteiger partial charge in [0.05, 0.1) is 0 Å². The fourth-order valence-corrected chi connectivity index (χ4v) is 3.62. The minimum atomic E-state index is -3.29. The molecule has 0 unspecified atom stereocenters. The van der Waals surface area contributed by atoms with Crippen LogP contribution in [0.5, 0.6) is 0 Å².